The fourth-order valence-electron chi connectivity index (χ4n) is 2.21. The van der Waals surface area contributed by atoms with E-state index in [4.69, 9.17) is 0 Å². The molecule has 1 atom stereocenters. The highest BCUT2D eigenvalue weighted by Gasteiger charge is 2.20. The molecule has 0 aliphatic carbocycles. The minimum Gasteiger partial charge on any atom is -0.355 e. The van der Waals surface area contributed by atoms with Gasteiger partial charge in [0.1, 0.15) is 5.82 Å². The Hall–Kier alpha value is -1.09. The zero-order chi connectivity index (χ0) is 10.7. The lowest BCUT2D eigenvalue weighted by molar-refractivity contribution is 0.447. The minimum atomic E-state index is 0.611. The number of nitrogens with zero attached hydrogens (tertiary/aromatic N) is 2. The van der Waals surface area contributed by atoms with Crippen LogP contribution in [-0.2, 0) is 0 Å². The predicted molar refractivity (Wildman–Crippen MR) is 63.3 cm³/mol. The van der Waals surface area contributed by atoms with E-state index in [-0.39, 0.29) is 0 Å². The van der Waals surface area contributed by atoms with Crippen molar-refractivity contribution >= 4 is 5.82 Å². The highest BCUT2D eigenvalue weighted by atomic mass is 15.2. The molecule has 1 aromatic heterocycles. The Morgan fingerprint density at radius 2 is 2.40 bits per heavy atom. The van der Waals surface area contributed by atoms with Crippen molar-refractivity contribution in [2.75, 3.05) is 25.0 Å². The van der Waals surface area contributed by atoms with Gasteiger partial charge < -0.3 is 10.2 Å². The first-order valence-electron chi connectivity index (χ1n) is 5.65. The van der Waals surface area contributed by atoms with Crippen LogP contribution in [0.2, 0.25) is 0 Å². The van der Waals surface area contributed by atoms with Crippen LogP contribution in [0.1, 0.15) is 18.4 Å². The second kappa shape index (κ2) is 4.62. The molecule has 3 heteroatoms. The molecule has 3 nitrogen and oxygen atoms in total. The van der Waals surface area contributed by atoms with Gasteiger partial charge in [0, 0.05) is 25.3 Å². The molecule has 2 rings (SSSR count). The quantitative estimate of drug-likeness (QED) is 0.794. The summed E-state index contributed by atoms with van der Waals surface area (Å²) in [6, 6.07) is 4.74. The van der Waals surface area contributed by atoms with Crippen LogP contribution in [-0.4, -0.2) is 31.2 Å². The van der Waals surface area contributed by atoms with Crippen LogP contribution in [0.25, 0.3) is 0 Å². The minimum absolute atomic E-state index is 0.611. The molecule has 0 bridgehead atoms. The van der Waals surface area contributed by atoms with Crippen molar-refractivity contribution in [3.05, 3.63) is 23.9 Å². The highest BCUT2D eigenvalue weighted by Crippen LogP contribution is 2.20. The maximum atomic E-state index is 4.47. The van der Waals surface area contributed by atoms with Gasteiger partial charge in [-0.15, -0.1) is 0 Å². The van der Waals surface area contributed by atoms with Crippen molar-refractivity contribution < 1.29 is 0 Å². The van der Waals surface area contributed by atoms with Crippen LogP contribution in [0.15, 0.2) is 18.3 Å². The molecule has 0 aromatic carbocycles. The molecule has 1 aliphatic rings. The summed E-state index contributed by atoms with van der Waals surface area (Å²) in [5, 5.41) is 3.35. The van der Waals surface area contributed by atoms with Gasteiger partial charge in [0.25, 0.3) is 0 Å². The van der Waals surface area contributed by atoms with Gasteiger partial charge in [0.05, 0.1) is 0 Å². The molecule has 1 fully saturated rings. The summed E-state index contributed by atoms with van der Waals surface area (Å²) in [6.07, 6.45) is 4.41. The number of hydrogen-bond acceptors (Lipinski definition) is 3. The number of nitrogens with one attached hydrogen (secondary N) is 1. The first kappa shape index (κ1) is 10.4. The fraction of sp³-hybridized carbons (Fsp3) is 0.583. The number of piperidine rings is 1. The van der Waals surface area contributed by atoms with Crippen molar-refractivity contribution in [2.24, 2.45) is 0 Å². The number of aromatic nitrogens is 1. The zero-order valence-electron chi connectivity index (χ0n) is 9.53. The Bertz CT molecular complexity index is 324. The molecule has 1 saturated heterocycles. The summed E-state index contributed by atoms with van der Waals surface area (Å²) in [6.45, 7) is 4.34. The topological polar surface area (TPSA) is 28.2 Å². The van der Waals surface area contributed by atoms with E-state index in [1.165, 1.54) is 18.4 Å². The van der Waals surface area contributed by atoms with Gasteiger partial charge in [-0.25, -0.2) is 4.98 Å². The maximum Gasteiger partial charge on any atom is 0.131 e. The summed E-state index contributed by atoms with van der Waals surface area (Å²) in [5.74, 6) is 1.15. The first-order chi connectivity index (χ1) is 7.31. The number of rotatable bonds is 2. The van der Waals surface area contributed by atoms with Crippen LogP contribution in [0.5, 0.6) is 0 Å². The van der Waals surface area contributed by atoms with Crippen molar-refractivity contribution in [2.45, 2.75) is 25.8 Å². The Balaban J connectivity index is 2.13. The Morgan fingerprint density at radius 3 is 3.13 bits per heavy atom. The van der Waals surface area contributed by atoms with Crippen LogP contribution < -0.4 is 10.2 Å². The van der Waals surface area contributed by atoms with Crippen molar-refractivity contribution in [3.8, 4) is 0 Å². The van der Waals surface area contributed by atoms with Gasteiger partial charge in [-0.2, -0.15) is 0 Å². The lowest BCUT2D eigenvalue weighted by Gasteiger charge is -2.34. The molecule has 15 heavy (non-hydrogen) atoms. The average molecular weight is 205 g/mol. The van der Waals surface area contributed by atoms with Gasteiger partial charge in [0.15, 0.2) is 0 Å². The maximum absolute atomic E-state index is 4.47. The number of likely N-dealkylation sites (N-methyl/N-ethyl adjacent to an activating group) is 1. The molecular weight excluding hydrogens is 186 g/mol. The zero-order valence-corrected chi connectivity index (χ0v) is 9.53. The molecule has 2 heterocycles. The van der Waals surface area contributed by atoms with Crippen LogP contribution >= 0.6 is 0 Å². The van der Waals surface area contributed by atoms with Crippen molar-refractivity contribution in [3.63, 3.8) is 0 Å². The fourth-order valence-corrected chi connectivity index (χ4v) is 2.21. The van der Waals surface area contributed by atoms with Crippen LogP contribution in [0.3, 0.4) is 0 Å². The SMILES string of the molecule is CNC1CCCN(c2ncccc2C)C1. The predicted octanol–water partition coefficient (Wildman–Crippen LogP) is 1.58. The molecule has 0 radical (unpaired) electrons. The second-order valence-corrected chi connectivity index (χ2v) is 4.22. The normalized spacial score (nSPS) is 21.7. The van der Waals surface area contributed by atoms with Gasteiger partial charge in [-0.3, -0.25) is 0 Å². The first-order valence-corrected chi connectivity index (χ1v) is 5.65. The van der Waals surface area contributed by atoms with Gasteiger partial charge in [0.2, 0.25) is 0 Å². The Kier molecular flexibility index (Phi) is 3.21. The number of pyridine rings is 1. The summed E-state index contributed by atoms with van der Waals surface area (Å²) in [7, 11) is 2.04. The largest absolute Gasteiger partial charge is 0.355 e. The summed E-state index contributed by atoms with van der Waals surface area (Å²) in [4.78, 5) is 6.86. The summed E-state index contributed by atoms with van der Waals surface area (Å²) in [5.41, 5.74) is 1.27. The standard InChI is InChI=1S/C12H19N3/c1-10-5-3-7-14-12(10)15-8-4-6-11(9-15)13-2/h3,5,7,11,13H,4,6,8-9H2,1-2H3. The molecule has 82 valence electrons. The molecule has 1 aliphatic heterocycles. The lowest BCUT2D eigenvalue weighted by atomic mass is 10.1. The average Bonchev–Trinajstić information content (AvgIpc) is 2.30. The summed E-state index contributed by atoms with van der Waals surface area (Å²) < 4.78 is 0. The molecule has 1 unspecified atom stereocenters. The number of aryl methyl sites for hydroxylation is 1. The molecular formula is C12H19N3. The third-order valence-corrected chi connectivity index (χ3v) is 3.11. The van der Waals surface area contributed by atoms with Crippen molar-refractivity contribution in [1.29, 1.82) is 0 Å². The van der Waals surface area contributed by atoms with E-state index in [1.807, 2.05) is 19.3 Å². The second-order valence-electron chi connectivity index (χ2n) is 4.22. The molecule has 0 spiro atoms. The van der Waals surface area contributed by atoms with Gasteiger partial charge in [-0.05, 0) is 38.4 Å². The van der Waals surface area contributed by atoms with Crippen LogP contribution in [0.4, 0.5) is 5.82 Å². The van der Waals surface area contributed by atoms with E-state index in [0.717, 1.165) is 18.9 Å². The lowest BCUT2D eigenvalue weighted by Crippen LogP contribution is -2.45. The molecule has 0 saturated carbocycles. The number of hydrogen-bond donors (Lipinski definition) is 1. The third-order valence-electron chi connectivity index (χ3n) is 3.11. The van der Waals surface area contributed by atoms with Crippen LogP contribution in [0, 0.1) is 6.92 Å². The van der Waals surface area contributed by atoms with Crippen molar-refractivity contribution in [1.82, 2.24) is 10.3 Å². The van der Waals surface area contributed by atoms with E-state index in [9.17, 15) is 0 Å². The monoisotopic (exact) mass is 205 g/mol. The third kappa shape index (κ3) is 2.29. The van der Waals surface area contributed by atoms with Gasteiger partial charge in [-0.1, -0.05) is 6.07 Å². The highest BCUT2D eigenvalue weighted by molar-refractivity contribution is 5.46. The Morgan fingerprint density at radius 1 is 1.53 bits per heavy atom. The van der Waals surface area contributed by atoms with E-state index in [1.54, 1.807) is 0 Å². The summed E-state index contributed by atoms with van der Waals surface area (Å²) >= 11 is 0. The molecule has 1 N–H and O–H groups in total. The number of anilines is 1. The molecule has 1 aromatic rings. The van der Waals surface area contributed by atoms with E-state index in [2.05, 4.69) is 28.2 Å². The smallest absolute Gasteiger partial charge is 0.131 e. The van der Waals surface area contributed by atoms with E-state index in [0.29, 0.717) is 6.04 Å². The van der Waals surface area contributed by atoms with E-state index < -0.39 is 0 Å². The van der Waals surface area contributed by atoms with E-state index >= 15 is 0 Å². The van der Waals surface area contributed by atoms with Gasteiger partial charge >= 0.3 is 0 Å². The molecule has 0 amide bonds. The Labute approximate surface area is 91.5 Å².